The lowest BCUT2D eigenvalue weighted by atomic mass is 9.96. The summed E-state index contributed by atoms with van der Waals surface area (Å²) >= 11 is 0. The first-order valence-corrected chi connectivity index (χ1v) is 3.43. The minimum atomic E-state index is -0.206. The Hall–Kier alpha value is -0.300. The minimum Gasteiger partial charge on any atom is -0.393 e. The molecule has 9 heavy (non-hydrogen) atoms. The van der Waals surface area contributed by atoms with E-state index in [0.717, 1.165) is 12.0 Å². The Bertz CT molecular complexity index is 96.7. The van der Waals surface area contributed by atoms with Gasteiger partial charge in [-0.1, -0.05) is 26.0 Å². The average Bonchev–Trinajstić information content (AvgIpc) is 1.84. The highest BCUT2D eigenvalue weighted by atomic mass is 16.3. The minimum absolute atomic E-state index is 0.206. The van der Waals surface area contributed by atoms with Gasteiger partial charge < -0.3 is 5.11 Å². The van der Waals surface area contributed by atoms with Gasteiger partial charge in [0.2, 0.25) is 0 Å². The van der Waals surface area contributed by atoms with E-state index in [4.69, 9.17) is 0 Å². The molecule has 0 fully saturated rings. The molecule has 0 bridgehead atoms. The molecule has 0 aliphatic heterocycles. The summed E-state index contributed by atoms with van der Waals surface area (Å²) in [6.07, 6.45) is 0.607. The van der Waals surface area contributed by atoms with Crippen molar-refractivity contribution in [1.82, 2.24) is 0 Å². The lowest BCUT2D eigenvalue weighted by Gasteiger charge is -2.16. The van der Waals surface area contributed by atoms with Crippen LogP contribution in [0.3, 0.4) is 0 Å². The highest BCUT2D eigenvalue weighted by Crippen LogP contribution is 2.13. The third-order valence-corrected chi connectivity index (χ3v) is 1.77. The van der Waals surface area contributed by atoms with Gasteiger partial charge in [-0.15, -0.1) is 0 Å². The van der Waals surface area contributed by atoms with Crippen LogP contribution in [-0.4, -0.2) is 11.2 Å². The van der Waals surface area contributed by atoms with E-state index in [1.165, 1.54) is 0 Å². The van der Waals surface area contributed by atoms with Gasteiger partial charge in [0.15, 0.2) is 0 Å². The smallest absolute Gasteiger partial charge is 0.0600 e. The molecule has 0 amide bonds. The van der Waals surface area contributed by atoms with Crippen LogP contribution in [0, 0.1) is 5.92 Å². The summed E-state index contributed by atoms with van der Waals surface area (Å²) in [5.74, 6) is 0.245. The lowest BCUT2D eigenvalue weighted by molar-refractivity contribution is 0.129. The number of rotatable bonds is 3. The van der Waals surface area contributed by atoms with E-state index in [0.29, 0.717) is 0 Å². The van der Waals surface area contributed by atoms with E-state index in [2.05, 4.69) is 6.58 Å². The van der Waals surface area contributed by atoms with E-state index in [1.54, 1.807) is 0 Å². The Kier molecular flexibility index (Phi) is 3.55. The molecule has 0 spiro atoms. The number of hydrogen-bond donors (Lipinski definition) is 1. The molecule has 0 aliphatic carbocycles. The second kappa shape index (κ2) is 3.67. The molecule has 1 N–H and O–H groups in total. The van der Waals surface area contributed by atoms with Crippen LogP contribution in [-0.2, 0) is 0 Å². The van der Waals surface area contributed by atoms with Crippen molar-refractivity contribution in [2.45, 2.75) is 33.3 Å². The molecule has 0 saturated heterocycles. The van der Waals surface area contributed by atoms with Crippen molar-refractivity contribution in [3.8, 4) is 0 Å². The average molecular weight is 128 g/mol. The quantitative estimate of drug-likeness (QED) is 0.576. The molecule has 0 aromatic rings. The summed E-state index contributed by atoms with van der Waals surface area (Å²) in [6, 6.07) is 0. The monoisotopic (exact) mass is 128 g/mol. The Morgan fingerprint density at radius 1 is 1.67 bits per heavy atom. The molecule has 0 aromatic heterocycles. The summed E-state index contributed by atoms with van der Waals surface area (Å²) in [6.45, 7) is 9.68. The molecule has 0 aliphatic rings. The number of aliphatic hydroxyl groups is 1. The van der Waals surface area contributed by atoms with E-state index in [9.17, 15) is 5.11 Å². The standard InChI is InChI=1S/C8H16O/c1-5-8(9)7(4)6(2)3/h7-9H,2,5H2,1,3-4H3/t7-,8-/m1/s1. The maximum absolute atomic E-state index is 9.24. The molecular formula is C8H16O. The summed E-state index contributed by atoms with van der Waals surface area (Å²) in [5.41, 5.74) is 1.06. The van der Waals surface area contributed by atoms with Crippen molar-refractivity contribution >= 4 is 0 Å². The molecule has 0 saturated carbocycles. The fraction of sp³-hybridized carbons (Fsp3) is 0.750. The van der Waals surface area contributed by atoms with E-state index in [1.807, 2.05) is 20.8 Å². The fourth-order valence-electron chi connectivity index (χ4n) is 0.682. The van der Waals surface area contributed by atoms with Crippen LogP contribution in [0.2, 0.25) is 0 Å². The number of hydrogen-bond acceptors (Lipinski definition) is 1. The van der Waals surface area contributed by atoms with E-state index >= 15 is 0 Å². The molecule has 0 heterocycles. The Morgan fingerprint density at radius 2 is 2.11 bits per heavy atom. The first kappa shape index (κ1) is 8.70. The highest BCUT2D eigenvalue weighted by Gasteiger charge is 2.11. The van der Waals surface area contributed by atoms with Crippen molar-refractivity contribution < 1.29 is 5.11 Å². The summed E-state index contributed by atoms with van der Waals surface area (Å²) < 4.78 is 0. The molecule has 0 radical (unpaired) electrons. The topological polar surface area (TPSA) is 20.2 Å². The van der Waals surface area contributed by atoms with Gasteiger partial charge >= 0.3 is 0 Å². The molecule has 1 heteroatoms. The van der Waals surface area contributed by atoms with Crippen LogP contribution in [0.5, 0.6) is 0 Å². The van der Waals surface area contributed by atoms with Gasteiger partial charge in [0, 0.05) is 5.92 Å². The van der Waals surface area contributed by atoms with Gasteiger partial charge in [0.05, 0.1) is 6.10 Å². The second-order valence-electron chi connectivity index (χ2n) is 2.61. The first-order valence-electron chi connectivity index (χ1n) is 3.43. The Morgan fingerprint density at radius 3 is 2.22 bits per heavy atom. The lowest BCUT2D eigenvalue weighted by Crippen LogP contribution is -2.16. The normalized spacial score (nSPS) is 16.9. The van der Waals surface area contributed by atoms with Crippen molar-refractivity contribution in [2.75, 3.05) is 0 Å². The molecule has 54 valence electrons. The summed E-state index contributed by atoms with van der Waals surface area (Å²) in [4.78, 5) is 0. The highest BCUT2D eigenvalue weighted by molar-refractivity contribution is 4.96. The zero-order chi connectivity index (χ0) is 7.44. The van der Waals surface area contributed by atoms with Crippen LogP contribution in [0.25, 0.3) is 0 Å². The van der Waals surface area contributed by atoms with Crippen molar-refractivity contribution in [3.05, 3.63) is 12.2 Å². The van der Waals surface area contributed by atoms with Gasteiger partial charge in [0.1, 0.15) is 0 Å². The zero-order valence-corrected chi connectivity index (χ0v) is 6.52. The predicted octanol–water partition coefficient (Wildman–Crippen LogP) is 1.97. The number of aliphatic hydroxyl groups excluding tert-OH is 1. The van der Waals surface area contributed by atoms with Gasteiger partial charge in [-0.3, -0.25) is 0 Å². The van der Waals surface area contributed by atoms with Crippen LogP contribution in [0.1, 0.15) is 27.2 Å². The van der Waals surface area contributed by atoms with Crippen LogP contribution in [0.15, 0.2) is 12.2 Å². The van der Waals surface area contributed by atoms with E-state index < -0.39 is 0 Å². The molecule has 2 atom stereocenters. The van der Waals surface area contributed by atoms with Gasteiger partial charge in [-0.05, 0) is 13.3 Å². The van der Waals surface area contributed by atoms with Crippen LogP contribution >= 0.6 is 0 Å². The SMILES string of the molecule is C=C(C)[C@@H](C)[C@H](O)CC. The molecule has 0 rings (SSSR count). The Balaban J connectivity index is 3.72. The van der Waals surface area contributed by atoms with Crippen LogP contribution < -0.4 is 0 Å². The van der Waals surface area contributed by atoms with Gasteiger partial charge in [0.25, 0.3) is 0 Å². The third kappa shape index (κ3) is 2.66. The van der Waals surface area contributed by atoms with Gasteiger partial charge in [-0.25, -0.2) is 0 Å². The maximum atomic E-state index is 9.24. The molecule has 1 nitrogen and oxygen atoms in total. The summed E-state index contributed by atoms with van der Waals surface area (Å²) in [7, 11) is 0. The predicted molar refractivity (Wildman–Crippen MR) is 40.3 cm³/mol. The van der Waals surface area contributed by atoms with Crippen molar-refractivity contribution in [2.24, 2.45) is 5.92 Å². The van der Waals surface area contributed by atoms with E-state index in [-0.39, 0.29) is 12.0 Å². The van der Waals surface area contributed by atoms with Gasteiger partial charge in [-0.2, -0.15) is 0 Å². The fourth-order valence-corrected chi connectivity index (χ4v) is 0.682. The summed E-state index contributed by atoms with van der Waals surface area (Å²) in [5, 5.41) is 9.24. The Labute approximate surface area is 57.4 Å². The second-order valence-corrected chi connectivity index (χ2v) is 2.61. The zero-order valence-electron chi connectivity index (χ0n) is 6.52. The molecule has 0 aromatic carbocycles. The third-order valence-electron chi connectivity index (χ3n) is 1.77. The largest absolute Gasteiger partial charge is 0.393 e. The molecule has 0 unspecified atom stereocenters. The van der Waals surface area contributed by atoms with Crippen molar-refractivity contribution in [1.29, 1.82) is 0 Å². The first-order chi connectivity index (χ1) is 4.09. The van der Waals surface area contributed by atoms with Crippen molar-refractivity contribution in [3.63, 3.8) is 0 Å². The molecular weight excluding hydrogens is 112 g/mol. The maximum Gasteiger partial charge on any atom is 0.0600 e. The van der Waals surface area contributed by atoms with Crippen LogP contribution in [0.4, 0.5) is 0 Å².